The third-order valence-electron chi connectivity index (χ3n) is 4.54. The molecule has 0 atom stereocenters. The molecule has 160 valence electrons. The number of nitrogens with zero attached hydrogens (tertiary/aromatic N) is 1. The molecule has 0 radical (unpaired) electrons. The highest BCUT2D eigenvalue weighted by Gasteiger charge is 2.22. The van der Waals surface area contributed by atoms with E-state index in [4.69, 9.17) is 9.47 Å². The summed E-state index contributed by atoms with van der Waals surface area (Å²) in [6.07, 6.45) is 1.59. The molecular formula is C25H25BrN2O3. The van der Waals surface area contributed by atoms with Gasteiger partial charge < -0.3 is 9.47 Å². The van der Waals surface area contributed by atoms with Crippen LogP contribution in [0.25, 0.3) is 0 Å². The number of hydrazone groups is 1. The third kappa shape index (κ3) is 5.95. The molecular weight excluding hydrogens is 456 g/mol. The van der Waals surface area contributed by atoms with Crippen molar-refractivity contribution in [2.24, 2.45) is 5.10 Å². The third-order valence-corrected chi connectivity index (χ3v) is 5.13. The van der Waals surface area contributed by atoms with Crippen molar-refractivity contribution in [3.63, 3.8) is 0 Å². The SMILES string of the molecule is CCOc1cc(/C=N/NC(=O)C(c2ccccc2)c2ccccc2)cc(Br)c1OCC. The number of rotatable bonds is 9. The van der Waals surface area contributed by atoms with Gasteiger partial charge in [0.2, 0.25) is 0 Å². The summed E-state index contributed by atoms with van der Waals surface area (Å²) >= 11 is 3.52. The van der Waals surface area contributed by atoms with E-state index in [1.54, 1.807) is 6.21 Å². The van der Waals surface area contributed by atoms with Gasteiger partial charge in [0.25, 0.3) is 5.91 Å². The quantitative estimate of drug-likeness (QED) is 0.323. The van der Waals surface area contributed by atoms with Gasteiger partial charge in [0, 0.05) is 0 Å². The van der Waals surface area contributed by atoms with Crippen LogP contribution in [0.4, 0.5) is 0 Å². The van der Waals surface area contributed by atoms with Crippen molar-refractivity contribution in [1.82, 2.24) is 5.43 Å². The van der Waals surface area contributed by atoms with Crippen molar-refractivity contribution in [3.8, 4) is 11.5 Å². The Morgan fingerprint density at radius 3 is 2.10 bits per heavy atom. The number of benzene rings is 3. The second kappa shape index (κ2) is 11.3. The molecule has 3 aromatic rings. The van der Waals surface area contributed by atoms with Crippen LogP contribution in [-0.2, 0) is 4.79 Å². The van der Waals surface area contributed by atoms with Gasteiger partial charge in [-0.25, -0.2) is 5.43 Å². The van der Waals surface area contributed by atoms with Crippen LogP contribution in [0.1, 0.15) is 36.5 Å². The maximum atomic E-state index is 13.0. The van der Waals surface area contributed by atoms with E-state index in [0.717, 1.165) is 21.2 Å². The van der Waals surface area contributed by atoms with Gasteiger partial charge in [-0.05, 0) is 58.6 Å². The Bertz CT molecular complexity index is 984. The molecule has 0 aliphatic heterocycles. The van der Waals surface area contributed by atoms with Crippen molar-refractivity contribution < 1.29 is 14.3 Å². The van der Waals surface area contributed by atoms with E-state index in [1.165, 1.54) is 0 Å². The molecule has 1 N–H and O–H groups in total. The zero-order chi connectivity index (χ0) is 22.1. The summed E-state index contributed by atoms with van der Waals surface area (Å²) in [6, 6.07) is 23.0. The maximum Gasteiger partial charge on any atom is 0.252 e. The van der Waals surface area contributed by atoms with Gasteiger partial charge in [-0.3, -0.25) is 4.79 Å². The van der Waals surface area contributed by atoms with Gasteiger partial charge >= 0.3 is 0 Å². The zero-order valence-electron chi connectivity index (χ0n) is 17.5. The molecule has 0 aromatic heterocycles. The van der Waals surface area contributed by atoms with Crippen LogP contribution in [0.3, 0.4) is 0 Å². The Morgan fingerprint density at radius 1 is 0.968 bits per heavy atom. The van der Waals surface area contributed by atoms with Gasteiger partial charge in [-0.2, -0.15) is 5.10 Å². The number of hydrogen-bond acceptors (Lipinski definition) is 4. The topological polar surface area (TPSA) is 59.9 Å². The normalized spacial score (nSPS) is 11.0. The minimum Gasteiger partial charge on any atom is -0.490 e. The fraction of sp³-hybridized carbons (Fsp3) is 0.200. The fourth-order valence-electron chi connectivity index (χ4n) is 3.23. The van der Waals surface area contributed by atoms with E-state index in [-0.39, 0.29) is 5.91 Å². The van der Waals surface area contributed by atoms with Crippen LogP contribution in [-0.4, -0.2) is 25.3 Å². The van der Waals surface area contributed by atoms with E-state index in [0.29, 0.717) is 24.7 Å². The summed E-state index contributed by atoms with van der Waals surface area (Å²) in [6.45, 7) is 4.88. The molecule has 0 heterocycles. The van der Waals surface area contributed by atoms with Crippen molar-refractivity contribution in [2.75, 3.05) is 13.2 Å². The number of nitrogens with one attached hydrogen (secondary N) is 1. The van der Waals surface area contributed by atoms with Crippen LogP contribution < -0.4 is 14.9 Å². The first-order chi connectivity index (χ1) is 15.1. The first-order valence-corrected chi connectivity index (χ1v) is 10.9. The second-order valence-electron chi connectivity index (χ2n) is 6.68. The van der Waals surface area contributed by atoms with Crippen LogP contribution in [0.2, 0.25) is 0 Å². The molecule has 3 rings (SSSR count). The number of hydrogen-bond donors (Lipinski definition) is 1. The Balaban J connectivity index is 1.81. The molecule has 0 fully saturated rings. The lowest BCUT2D eigenvalue weighted by Gasteiger charge is -2.16. The maximum absolute atomic E-state index is 13.0. The molecule has 0 saturated carbocycles. The molecule has 31 heavy (non-hydrogen) atoms. The lowest BCUT2D eigenvalue weighted by atomic mass is 9.91. The average molecular weight is 481 g/mol. The van der Waals surface area contributed by atoms with E-state index in [9.17, 15) is 4.79 Å². The molecule has 0 saturated heterocycles. The Labute approximate surface area is 191 Å². The molecule has 0 spiro atoms. The second-order valence-corrected chi connectivity index (χ2v) is 7.54. The largest absolute Gasteiger partial charge is 0.490 e. The highest BCUT2D eigenvalue weighted by Crippen LogP contribution is 2.36. The lowest BCUT2D eigenvalue weighted by Crippen LogP contribution is -2.26. The van der Waals surface area contributed by atoms with Gasteiger partial charge in [0.05, 0.1) is 29.8 Å². The van der Waals surface area contributed by atoms with Crippen molar-refractivity contribution in [2.45, 2.75) is 19.8 Å². The van der Waals surface area contributed by atoms with Gasteiger partial charge in [-0.1, -0.05) is 60.7 Å². The number of amides is 1. The summed E-state index contributed by atoms with van der Waals surface area (Å²) in [5.74, 6) is 0.617. The summed E-state index contributed by atoms with van der Waals surface area (Å²) in [5, 5.41) is 4.19. The highest BCUT2D eigenvalue weighted by atomic mass is 79.9. The van der Waals surface area contributed by atoms with Crippen molar-refractivity contribution in [1.29, 1.82) is 0 Å². The Kier molecular flexibility index (Phi) is 8.24. The van der Waals surface area contributed by atoms with E-state index < -0.39 is 5.92 Å². The highest BCUT2D eigenvalue weighted by molar-refractivity contribution is 9.10. The summed E-state index contributed by atoms with van der Waals surface area (Å²) in [4.78, 5) is 13.0. The standard InChI is InChI=1S/C25H25BrN2O3/c1-3-30-22-16-18(15-21(26)24(22)31-4-2)17-27-28-25(29)23(19-11-7-5-8-12-19)20-13-9-6-10-14-20/h5-17,23H,3-4H2,1-2H3,(H,28,29)/b27-17+. The molecule has 6 heteroatoms. The van der Waals surface area contributed by atoms with Gasteiger partial charge in [0.1, 0.15) is 0 Å². The average Bonchev–Trinajstić information content (AvgIpc) is 2.78. The number of carbonyl (C=O) groups excluding carboxylic acids is 1. The molecule has 1 amide bonds. The fourth-order valence-corrected chi connectivity index (χ4v) is 3.81. The number of halogens is 1. The molecule has 3 aromatic carbocycles. The molecule has 0 aliphatic rings. The monoisotopic (exact) mass is 480 g/mol. The summed E-state index contributed by atoms with van der Waals surface area (Å²) < 4.78 is 12.1. The Morgan fingerprint density at radius 2 is 1.55 bits per heavy atom. The predicted molar refractivity (Wildman–Crippen MR) is 127 cm³/mol. The van der Waals surface area contributed by atoms with Crippen molar-refractivity contribution in [3.05, 3.63) is 94.0 Å². The zero-order valence-corrected chi connectivity index (χ0v) is 19.1. The minimum atomic E-state index is -0.453. The summed E-state index contributed by atoms with van der Waals surface area (Å²) in [7, 11) is 0. The lowest BCUT2D eigenvalue weighted by molar-refractivity contribution is -0.121. The smallest absolute Gasteiger partial charge is 0.252 e. The van der Waals surface area contributed by atoms with Gasteiger partial charge in [-0.15, -0.1) is 0 Å². The van der Waals surface area contributed by atoms with Crippen LogP contribution in [0, 0.1) is 0 Å². The van der Waals surface area contributed by atoms with Crippen LogP contribution in [0.15, 0.2) is 82.4 Å². The van der Waals surface area contributed by atoms with E-state index >= 15 is 0 Å². The number of carbonyl (C=O) groups is 1. The van der Waals surface area contributed by atoms with E-state index in [1.807, 2.05) is 86.6 Å². The first-order valence-electron chi connectivity index (χ1n) is 10.2. The van der Waals surface area contributed by atoms with Crippen LogP contribution >= 0.6 is 15.9 Å². The Hall–Kier alpha value is -3.12. The van der Waals surface area contributed by atoms with Gasteiger partial charge in [0.15, 0.2) is 11.5 Å². The number of ether oxygens (including phenoxy) is 2. The predicted octanol–water partition coefficient (Wildman–Crippen LogP) is 5.53. The molecule has 0 aliphatic carbocycles. The molecule has 0 bridgehead atoms. The first kappa shape index (κ1) is 22.6. The summed E-state index contributed by atoms with van der Waals surface area (Å²) in [5.41, 5.74) is 5.27. The minimum absolute atomic E-state index is 0.205. The van der Waals surface area contributed by atoms with Crippen molar-refractivity contribution >= 4 is 28.1 Å². The molecule has 0 unspecified atom stereocenters. The molecule has 5 nitrogen and oxygen atoms in total. The van der Waals surface area contributed by atoms with E-state index in [2.05, 4.69) is 26.5 Å². The van der Waals surface area contributed by atoms with Crippen LogP contribution in [0.5, 0.6) is 11.5 Å².